The molecule has 2 N–H and O–H groups in total. The highest BCUT2D eigenvalue weighted by Gasteiger charge is 2.53. The van der Waals surface area contributed by atoms with Crippen LogP contribution in [-0.4, -0.2) is 16.5 Å². The molecule has 1 aromatic heterocycles. The first-order valence-corrected chi connectivity index (χ1v) is 8.26. The van der Waals surface area contributed by atoms with Gasteiger partial charge < -0.3 is 5.73 Å². The molecule has 0 saturated heterocycles. The molecule has 0 radical (unpaired) electrons. The number of nitriles is 3. The lowest BCUT2D eigenvalue weighted by molar-refractivity contribution is 0.367. The predicted molar refractivity (Wildman–Crippen MR) is 86.4 cm³/mol. The Morgan fingerprint density at radius 3 is 2.70 bits per heavy atom. The van der Waals surface area contributed by atoms with E-state index in [9.17, 15) is 15.8 Å². The van der Waals surface area contributed by atoms with Crippen molar-refractivity contribution < 1.29 is 0 Å². The van der Waals surface area contributed by atoms with Gasteiger partial charge in [0, 0.05) is 35.7 Å². The van der Waals surface area contributed by atoms with Gasteiger partial charge in [-0.05, 0) is 17.2 Å². The zero-order chi connectivity index (χ0) is 16.4. The van der Waals surface area contributed by atoms with Crippen LogP contribution in [0.3, 0.4) is 0 Å². The zero-order valence-electron chi connectivity index (χ0n) is 12.2. The van der Waals surface area contributed by atoms with Crippen molar-refractivity contribution in [1.29, 1.82) is 15.8 Å². The van der Waals surface area contributed by atoms with Gasteiger partial charge in [-0.25, -0.2) is 0 Å². The Morgan fingerprint density at radius 1 is 1.30 bits per heavy atom. The molecule has 6 heteroatoms. The molecule has 2 aliphatic rings. The number of rotatable bonds is 1. The summed E-state index contributed by atoms with van der Waals surface area (Å²) >= 11 is 1.73. The average molecular weight is 319 g/mol. The van der Waals surface area contributed by atoms with Crippen LogP contribution < -0.4 is 5.73 Å². The molecular weight excluding hydrogens is 306 g/mol. The number of hydrogen-bond donors (Lipinski definition) is 1. The smallest absolute Gasteiger partial charge is 0.191 e. The molecule has 0 saturated carbocycles. The first-order chi connectivity index (χ1) is 11.2. The van der Waals surface area contributed by atoms with Gasteiger partial charge in [0.1, 0.15) is 6.07 Å². The number of allylic oxidation sites excluding steroid dienone is 3. The summed E-state index contributed by atoms with van der Waals surface area (Å²) in [6.07, 6.45) is 5.32. The molecule has 0 spiro atoms. The van der Waals surface area contributed by atoms with Gasteiger partial charge in [-0.3, -0.25) is 4.98 Å². The molecule has 1 aromatic rings. The van der Waals surface area contributed by atoms with Gasteiger partial charge in [0.15, 0.2) is 5.41 Å². The second-order valence-electron chi connectivity index (χ2n) is 5.50. The van der Waals surface area contributed by atoms with Crippen LogP contribution in [0.4, 0.5) is 0 Å². The maximum atomic E-state index is 9.80. The van der Waals surface area contributed by atoms with E-state index >= 15 is 0 Å². The highest BCUT2D eigenvalue weighted by Crippen LogP contribution is 2.54. The quantitative estimate of drug-likeness (QED) is 0.850. The Labute approximate surface area is 138 Å². The van der Waals surface area contributed by atoms with Crippen molar-refractivity contribution >= 4 is 11.8 Å². The van der Waals surface area contributed by atoms with E-state index in [1.165, 1.54) is 0 Å². The predicted octanol–water partition coefficient (Wildman–Crippen LogP) is 2.24. The lowest BCUT2D eigenvalue weighted by Crippen LogP contribution is -2.43. The van der Waals surface area contributed by atoms with Crippen LogP contribution in [0.25, 0.3) is 0 Å². The van der Waals surface area contributed by atoms with Crippen LogP contribution in [0.1, 0.15) is 11.5 Å². The van der Waals surface area contributed by atoms with Crippen LogP contribution >= 0.6 is 11.8 Å². The van der Waals surface area contributed by atoms with E-state index in [1.54, 1.807) is 30.2 Å². The molecule has 1 aliphatic heterocycles. The van der Waals surface area contributed by atoms with Crippen LogP contribution in [-0.2, 0) is 0 Å². The average Bonchev–Trinajstić information content (AvgIpc) is 2.61. The van der Waals surface area contributed by atoms with Gasteiger partial charge in [-0.2, -0.15) is 27.5 Å². The van der Waals surface area contributed by atoms with Gasteiger partial charge in [0.05, 0.1) is 23.4 Å². The van der Waals surface area contributed by atoms with Crippen LogP contribution in [0, 0.1) is 45.3 Å². The number of nitrogens with two attached hydrogens (primary N) is 1. The molecule has 2 heterocycles. The van der Waals surface area contributed by atoms with E-state index in [4.69, 9.17) is 5.73 Å². The summed E-state index contributed by atoms with van der Waals surface area (Å²) in [4.78, 5) is 4.13. The Hall–Kier alpha value is -2.75. The SMILES string of the molecule is N#CC1=C(N)C(C#N)(C#N)[C@@H](c2cccnc2)[C@@H]2CSCC=C12. The molecule has 0 bridgehead atoms. The monoisotopic (exact) mass is 319 g/mol. The summed E-state index contributed by atoms with van der Waals surface area (Å²) in [5, 5.41) is 29.1. The summed E-state index contributed by atoms with van der Waals surface area (Å²) in [7, 11) is 0. The van der Waals surface area contributed by atoms with Crippen LogP contribution in [0.5, 0.6) is 0 Å². The van der Waals surface area contributed by atoms with Crippen LogP contribution in [0.15, 0.2) is 47.4 Å². The first kappa shape index (κ1) is 15.2. The Kier molecular flexibility index (Phi) is 3.82. The van der Waals surface area contributed by atoms with Crippen molar-refractivity contribution in [3.8, 4) is 18.2 Å². The standard InChI is InChI=1S/C17H13N5S/c18-6-13-12-3-5-23-8-14(12)15(11-2-1-4-22-7-11)17(9-19,10-20)16(13)21/h1-4,7,14-15H,5,8,21H2/t14-,15+/m1/s1. The third kappa shape index (κ3) is 2.10. The summed E-state index contributed by atoms with van der Waals surface area (Å²) in [6.45, 7) is 0. The van der Waals surface area contributed by atoms with Crippen molar-refractivity contribution in [3.63, 3.8) is 0 Å². The number of fused-ring (bicyclic) bond motifs is 1. The second kappa shape index (κ2) is 5.80. The first-order valence-electron chi connectivity index (χ1n) is 7.10. The molecule has 0 fully saturated rings. The highest BCUT2D eigenvalue weighted by molar-refractivity contribution is 7.99. The lowest BCUT2D eigenvalue weighted by atomic mass is 9.59. The van der Waals surface area contributed by atoms with Crippen molar-refractivity contribution in [3.05, 3.63) is 53.0 Å². The third-order valence-corrected chi connectivity index (χ3v) is 5.47. The largest absolute Gasteiger partial charge is 0.399 e. The van der Waals surface area contributed by atoms with E-state index in [2.05, 4.69) is 23.2 Å². The number of aromatic nitrogens is 1. The summed E-state index contributed by atoms with van der Waals surface area (Å²) in [5.74, 6) is 1.02. The molecule has 23 heavy (non-hydrogen) atoms. The molecule has 0 unspecified atom stereocenters. The summed E-state index contributed by atoms with van der Waals surface area (Å²) in [6, 6.07) is 9.96. The minimum Gasteiger partial charge on any atom is -0.399 e. The number of hydrogen-bond acceptors (Lipinski definition) is 6. The van der Waals surface area contributed by atoms with E-state index in [-0.39, 0.29) is 11.6 Å². The van der Waals surface area contributed by atoms with Crippen LogP contribution in [0.2, 0.25) is 0 Å². The highest BCUT2D eigenvalue weighted by atomic mass is 32.2. The fraction of sp³-hybridized carbons (Fsp3) is 0.294. The van der Waals surface area contributed by atoms with Crippen molar-refractivity contribution in [2.45, 2.75) is 5.92 Å². The maximum absolute atomic E-state index is 9.80. The third-order valence-electron chi connectivity index (χ3n) is 4.48. The minimum atomic E-state index is -1.55. The molecule has 2 atom stereocenters. The van der Waals surface area contributed by atoms with Gasteiger partial charge in [0.25, 0.3) is 0 Å². The molecule has 3 rings (SSSR count). The van der Waals surface area contributed by atoms with E-state index < -0.39 is 11.3 Å². The fourth-order valence-electron chi connectivity index (χ4n) is 3.42. The summed E-state index contributed by atoms with van der Waals surface area (Å²) < 4.78 is 0. The fourth-order valence-corrected chi connectivity index (χ4v) is 4.48. The van der Waals surface area contributed by atoms with Crippen molar-refractivity contribution in [2.75, 3.05) is 11.5 Å². The number of thioether (sulfide) groups is 1. The molecule has 1 aliphatic carbocycles. The van der Waals surface area contributed by atoms with Gasteiger partial charge in [0.2, 0.25) is 0 Å². The second-order valence-corrected chi connectivity index (χ2v) is 6.57. The van der Waals surface area contributed by atoms with Crippen molar-refractivity contribution in [2.24, 2.45) is 17.1 Å². The molecular formula is C17H13N5S. The lowest BCUT2D eigenvalue weighted by Gasteiger charge is -2.42. The summed E-state index contributed by atoms with van der Waals surface area (Å²) in [5.41, 5.74) is 6.63. The normalized spacial score (nSPS) is 25.3. The van der Waals surface area contributed by atoms with E-state index in [1.807, 2.05) is 12.1 Å². The molecule has 5 nitrogen and oxygen atoms in total. The van der Waals surface area contributed by atoms with Gasteiger partial charge in [-0.1, -0.05) is 12.1 Å². The van der Waals surface area contributed by atoms with Gasteiger partial charge >= 0.3 is 0 Å². The Bertz CT molecular complexity index is 805. The number of pyridine rings is 1. The zero-order valence-corrected chi connectivity index (χ0v) is 13.0. The Morgan fingerprint density at radius 2 is 2.09 bits per heavy atom. The minimum absolute atomic E-state index is 0.0632. The Balaban J connectivity index is 2.33. The maximum Gasteiger partial charge on any atom is 0.191 e. The molecule has 0 amide bonds. The topological polar surface area (TPSA) is 110 Å². The van der Waals surface area contributed by atoms with Gasteiger partial charge in [-0.15, -0.1) is 0 Å². The number of nitrogens with zero attached hydrogens (tertiary/aromatic N) is 4. The van der Waals surface area contributed by atoms with E-state index in [0.29, 0.717) is 5.57 Å². The van der Waals surface area contributed by atoms with E-state index in [0.717, 1.165) is 22.6 Å². The molecule has 0 aromatic carbocycles. The van der Waals surface area contributed by atoms with Crippen molar-refractivity contribution in [1.82, 2.24) is 4.98 Å². The molecule has 112 valence electrons.